The fraction of sp³-hybridized carbons (Fsp3) is 0.479. The monoisotopic (exact) mass is 952 g/mol. The second-order valence-electron chi connectivity index (χ2n) is 18.8. The topological polar surface area (TPSA) is 74.0 Å². The van der Waals surface area contributed by atoms with Gasteiger partial charge in [-0.15, -0.1) is 40.1 Å². The molecule has 3 aromatic carbocycles. The number of aryl methyl sites for hydroxylation is 1. The Balaban J connectivity index is 0.000000349. The van der Waals surface area contributed by atoms with Crippen LogP contribution in [0, 0.1) is 65.2 Å². The molecule has 1 radical (unpaired) electrons. The van der Waals surface area contributed by atoms with Crippen LogP contribution in [0.25, 0.3) is 42.2 Å². The maximum absolute atomic E-state index is 12.3. The third kappa shape index (κ3) is 10.6. The van der Waals surface area contributed by atoms with E-state index in [-0.39, 0.29) is 48.9 Å². The van der Waals surface area contributed by atoms with Gasteiger partial charge in [-0.25, -0.2) is 0 Å². The van der Waals surface area contributed by atoms with Crippen molar-refractivity contribution in [3.05, 3.63) is 83.3 Å². The molecule has 0 atom stereocenters. The molecule has 1 N–H and O–H groups in total. The van der Waals surface area contributed by atoms with Crippen LogP contribution in [0.1, 0.15) is 92.9 Å². The Morgan fingerprint density at radius 2 is 1.49 bits per heavy atom. The van der Waals surface area contributed by atoms with E-state index >= 15 is 0 Å². The number of thiophene rings is 1. The van der Waals surface area contributed by atoms with Crippen molar-refractivity contribution >= 4 is 61.3 Å². The largest absolute Gasteiger partial charge is 0.512 e. The summed E-state index contributed by atoms with van der Waals surface area (Å²) >= 11 is 1.78. The Morgan fingerprint density at radius 3 is 2.02 bits per heavy atom. The molecule has 55 heavy (non-hydrogen) atoms. The normalized spacial score (nSPS) is 12.7. The fourth-order valence-electron chi connectivity index (χ4n) is 8.26. The molecule has 0 aliphatic rings. The number of ketones is 1. The number of fused-ring (bicyclic) bond motifs is 4. The summed E-state index contributed by atoms with van der Waals surface area (Å²) in [5.41, 5.74) is 5.51. The number of nitrogens with zero attached hydrogens (tertiary/aromatic N) is 2. The molecule has 5 rings (SSSR count). The van der Waals surface area contributed by atoms with Crippen LogP contribution in [0.3, 0.4) is 0 Å². The van der Waals surface area contributed by atoms with Crippen LogP contribution >= 0.6 is 11.3 Å². The molecule has 297 valence electrons. The first-order valence-corrected chi connectivity index (χ1v) is 24.0. The summed E-state index contributed by atoms with van der Waals surface area (Å²) in [7, 11) is -1.62. The van der Waals surface area contributed by atoms with E-state index in [0.717, 1.165) is 38.5 Å². The summed E-state index contributed by atoms with van der Waals surface area (Å²) in [6, 6.07) is 21.4. The maximum Gasteiger partial charge on any atom is 0.162 e. The number of carbonyl (C=O) groups excluding carboxylic acids is 1. The zero-order valence-corrected chi connectivity index (χ0v) is 40.1. The summed E-state index contributed by atoms with van der Waals surface area (Å²) in [6.45, 7) is 32.8. The molecule has 0 spiro atoms. The van der Waals surface area contributed by atoms with Crippen LogP contribution in [0.4, 0.5) is 0 Å². The predicted molar refractivity (Wildman–Crippen MR) is 237 cm³/mol. The van der Waals surface area contributed by atoms with Gasteiger partial charge >= 0.3 is 0 Å². The molecular weight excluding hydrogens is 889 g/mol. The Morgan fingerprint density at radius 1 is 0.909 bits per heavy atom. The Hall–Kier alpha value is -3.14. The minimum Gasteiger partial charge on any atom is -0.512 e. The molecule has 0 aliphatic carbocycles. The fourth-order valence-corrected chi connectivity index (χ4v) is 11.2. The van der Waals surface area contributed by atoms with Gasteiger partial charge in [-0.2, -0.15) is 5.26 Å². The van der Waals surface area contributed by atoms with Gasteiger partial charge in [-0.3, -0.25) is 9.78 Å². The molecule has 2 heterocycles. The third-order valence-electron chi connectivity index (χ3n) is 10.5. The number of allylic oxidation sites excluding steroid dienone is 2. The first-order chi connectivity index (χ1) is 25.1. The molecule has 7 heteroatoms. The molecule has 4 nitrogen and oxygen atoms in total. The van der Waals surface area contributed by atoms with E-state index in [1.165, 1.54) is 32.5 Å². The van der Waals surface area contributed by atoms with E-state index < -0.39 is 8.07 Å². The van der Waals surface area contributed by atoms with Crippen molar-refractivity contribution in [3.8, 4) is 17.3 Å². The second-order valence-corrected chi connectivity index (χ2v) is 24.9. The number of hydrogen-bond donors (Lipinski definition) is 1. The average Bonchev–Trinajstić information content (AvgIpc) is 3.44. The SMILES string of the molecule is CC(C)C(C(=O)/C=C(\O)C(C(C)C)C(C)C)C(C)C.Cc1c(CC(C)(C)C)ccc2c1sc1c(-c3[c-]c4ccccc4c([Si](C)(C)C)c3)ncc(C#N)c12.[Ir]. The number of aromatic nitrogens is 1. The van der Waals surface area contributed by atoms with Gasteiger partial charge in [0.2, 0.25) is 0 Å². The predicted octanol–water partition coefficient (Wildman–Crippen LogP) is 13.2. The number of aliphatic hydroxyl groups excluding tert-OH is 1. The van der Waals surface area contributed by atoms with Gasteiger partial charge in [0.1, 0.15) is 6.07 Å². The van der Waals surface area contributed by atoms with Crippen LogP contribution in [0.2, 0.25) is 19.6 Å². The van der Waals surface area contributed by atoms with Crippen molar-refractivity contribution in [2.75, 3.05) is 0 Å². The van der Waals surface area contributed by atoms with E-state index in [1.54, 1.807) is 17.5 Å². The van der Waals surface area contributed by atoms with Gasteiger partial charge in [0.25, 0.3) is 0 Å². The molecule has 0 aliphatic heterocycles. The summed E-state index contributed by atoms with van der Waals surface area (Å²) in [6.07, 6.45) is 4.26. The minimum atomic E-state index is -1.62. The van der Waals surface area contributed by atoms with E-state index in [9.17, 15) is 15.2 Å². The van der Waals surface area contributed by atoms with Crippen LogP contribution in [0.15, 0.2) is 60.5 Å². The Bertz CT molecular complexity index is 2190. The van der Waals surface area contributed by atoms with Crippen molar-refractivity contribution < 1.29 is 30.0 Å². The number of rotatable bonds is 10. The Kier molecular flexibility index (Phi) is 15.5. The molecule has 0 fully saturated rings. The zero-order valence-electron chi connectivity index (χ0n) is 35.9. The van der Waals surface area contributed by atoms with Crippen LogP contribution in [0.5, 0.6) is 0 Å². The molecular formula is C48H63IrN2O2SSi-. The average molecular weight is 952 g/mol. The molecule has 0 unspecified atom stereocenters. The first-order valence-electron chi connectivity index (χ1n) is 19.7. The number of pyridine rings is 1. The summed E-state index contributed by atoms with van der Waals surface area (Å²) < 4.78 is 2.35. The van der Waals surface area contributed by atoms with Gasteiger partial charge in [0, 0.05) is 70.1 Å². The van der Waals surface area contributed by atoms with Crippen molar-refractivity contribution in [2.45, 2.75) is 109 Å². The van der Waals surface area contributed by atoms with Gasteiger partial charge in [-0.1, -0.05) is 137 Å². The van der Waals surface area contributed by atoms with Gasteiger partial charge in [0.15, 0.2) is 5.78 Å². The smallest absolute Gasteiger partial charge is 0.162 e. The van der Waals surface area contributed by atoms with E-state index in [1.807, 2.05) is 0 Å². The maximum atomic E-state index is 12.3. The molecule has 0 saturated carbocycles. The van der Waals surface area contributed by atoms with Crippen molar-refractivity contribution in [3.63, 3.8) is 0 Å². The number of benzene rings is 3. The molecule has 5 aromatic rings. The minimum absolute atomic E-state index is 0. The summed E-state index contributed by atoms with van der Waals surface area (Å²) in [5.74, 6) is 1.63. The third-order valence-corrected chi connectivity index (χ3v) is 13.9. The van der Waals surface area contributed by atoms with Crippen LogP contribution in [-0.4, -0.2) is 23.9 Å². The van der Waals surface area contributed by atoms with Gasteiger partial charge in [-0.05, 0) is 53.6 Å². The van der Waals surface area contributed by atoms with E-state index in [4.69, 9.17) is 4.98 Å². The Labute approximate surface area is 350 Å². The van der Waals surface area contributed by atoms with Crippen LogP contribution < -0.4 is 5.19 Å². The van der Waals surface area contributed by atoms with E-state index in [0.29, 0.717) is 29.2 Å². The number of carbonyl (C=O) groups is 1. The standard InChI is InChI=1S/C31H31N2SSi.C17H32O2.Ir/c1-19-21(16-31(2,3)4)12-13-25-27-23(17-32)18-33-28(30(27)34-29(19)25)22-14-20-10-8-9-11-24(20)26(15-22)35(5,6)7;1-10(2)16(11(3)4)14(18)9-15(19)17(12(5)6)13(7)8;/h8-13,15,18H,16H2,1-7H3;9-13,16-18H,1-8H3;/q-1;;/b;14-9-;. The summed E-state index contributed by atoms with van der Waals surface area (Å²) in [4.78, 5) is 17.2. The van der Waals surface area contributed by atoms with Crippen molar-refractivity contribution in [1.29, 1.82) is 5.26 Å². The van der Waals surface area contributed by atoms with Crippen molar-refractivity contribution in [2.24, 2.45) is 40.9 Å². The zero-order chi connectivity index (χ0) is 40.4. The van der Waals surface area contributed by atoms with Gasteiger partial charge in [0.05, 0.1) is 19.4 Å². The number of hydrogen-bond acceptors (Lipinski definition) is 5. The van der Waals surface area contributed by atoms with Crippen molar-refractivity contribution in [1.82, 2.24) is 4.98 Å². The molecule has 0 bridgehead atoms. The number of nitriles is 1. The van der Waals surface area contributed by atoms with E-state index in [2.05, 4.69) is 157 Å². The molecule has 2 aromatic heterocycles. The van der Waals surface area contributed by atoms with Gasteiger partial charge < -0.3 is 5.11 Å². The summed E-state index contributed by atoms with van der Waals surface area (Å²) in [5, 5.41) is 26.3. The van der Waals surface area contributed by atoms with Crippen LogP contribution in [-0.2, 0) is 31.3 Å². The molecule has 0 saturated heterocycles. The molecule has 0 amide bonds. The first kappa shape index (κ1) is 46.2. The quantitative estimate of drug-likeness (QED) is 0.0655. The second kappa shape index (κ2) is 18.4. The number of aliphatic hydroxyl groups is 1.